The third-order valence-electron chi connectivity index (χ3n) is 4.88. The lowest BCUT2D eigenvalue weighted by atomic mass is 9.75. The first-order chi connectivity index (χ1) is 10.1. The molecule has 1 saturated carbocycles. The molecule has 2 rings (SSSR count). The first-order valence-corrected chi connectivity index (χ1v) is 8.14. The van der Waals surface area contributed by atoms with Crippen molar-refractivity contribution in [3.05, 3.63) is 29.8 Å². The monoisotopic (exact) mass is 293 g/mol. The molecule has 2 N–H and O–H groups in total. The van der Waals surface area contributed by atoms with Gasteiger partial charge in [-0.3, -0.25) is 9.88 Å². The molecule has 1 heterocycles. The zero-order chi connectivity index (χ0) is 15.3. The Bertz CT molecular complexity index is 441. The minimum absolute atomic E-state index is 0.0782. The van der Waals surface area contributed by atoms with Crippen molar-refractivity contribution in [3.8, 4) is 0 Å². The molecule has 0 aromatic carbocycles. The molecule has 0 unspecified atom stereocenters. The van der Waals surface area contributed by atoms with Crippen LogP contribution in [0.4, 0.5) is 4.39 Å². The van der Waals surface area contributed by atoms with Crippen molar-refractivity contribution < 1.29 is 4.39 Å². The van der Waals surface area contributed by atoms with Gasteiger partial charge in [-0.15, -0.1) is 0 Å². The molecule has 1 aliphatic rings. The molecule has 0 atom stereocenters. The number of nitrogens with two attached hydrogens (primary N) is 1. The molecular formula is C17H28FN3. The van der Waals surface area contributed by atoms with E-state index in [0.29, 0.717) is 6.54 Å². The zero-order valence-corrected chi connectivity index (χ0v) is 13.3. The number of hydrogen-bond acceptors (Lipinski definition) is 3. The van der Waals surface area contributed by atoms with Crippen LogP contribution >= 0.6 is 0 Å². The Morgan fingerprint density at radius 3 is 2.67 bits per heavy atom. The minimum Gasteiger partial charge on any atom is -0.329 e. The van der Waals surface area contributed by atoms with Gasteiger partial charge in [0, 0.05) is 24.8 Å². The van der Waals surface area contributed by atoms with E-state index in [-0.39, 0.29) is 11.4 Å². The fourth-order valence-electron chi connectivity index (χ4n) is 3.47. The van der Waals surface area contributed by atoms with E-state index in [2.05, 4.69) is 23.7 Å². The number of nitrogens with zero attached hydrogens (tertiary/aromatic N) is 2. The predicted molar refractivity (Wildman–Crippen MR) is 84.3 cm³/mol. The Labute approximate surface area is 127 Å². The smallest absolute Gasteiger partial charge is 0.141 e. The fraction of sp³-hybridized carbons (Fsp3) is 0.706. The second-order valence-electron chi connectivity index (χ2n) is 6.54. The van der Waals surface area contributed by atoms with Crippen LogP contribution in [-0.4, -0.2) is 28.5 Å². The van der Waals surface area contributed by atoms with Crippen LogP contribution in [0, 0.1) is 11.7 Å². The summed E-state index contributed by atoms with van der Waals surface area (Å²) in [6, 6.07) is 1.59. The molecule has 1 aromatic heterocycles. The predicted octanol–water partition coefficient (Wildman–Crippen LogP) is 3.34. The second kappa shape index (κ2) is 7.32. The van der Waals surface area contributed by atoms with E-state index >= 15 is 0 Å². The van der Waals surface area contributed by atoms with Gasteiger partial charge in [0.2, 0.25) is 0 Å². The van der Waals surface area contributed by atoms with Crippen LogP contribution < -0.4 is 5.73 Å². The number of halogens is 1. The fourth-order valence-corrected chi connectivity index (χ4v) is 3.47. The Hall–Kier alpha value is -1.00. The van der Waals surface area contributed by atoms with Crippen LogP contribution in [0.2, 0.25) is 0 Å². The molecule has 118 valence electrons. The topological polar surface area (TPSA) is 42.2 Å². The molecule has 1 fully saturated rings. The Kier molecular flexibility index (Phi) is 5.71. The third-order valence-corrected chi connectivity index (χ3v) is 4.88. The van der Waals surface area contributed by atoms with Gasteiger partial charge in [-0.05, 0) is 56.2 Å². The summed E-state index contributed by atoms with van der Waals surface area (Å²) in [4.78, 5) is 6.44. The number of aromatic nitrogens is 1. The Morgan fingerprint density at radius 2 is 2.10 bits per heavy atom. The van der Waals surface area contributed by atoms with Crippen LogP contribution in [0.15, 0.2) is 18.5 Å². The summed E-state index contributed by atoms with van der Waals surface area (Å²) < 4.78 is 13.4. The largest absolute Gasteiger partial charge is 0.329 e. The normalized spacial score (nSPS) is 26.2. The lowest BCUT2D eigenvalue weighted by molar-refractivity contribution is 0.0375. The van der Waals surface area contributed by atoms with Gasteiger partial charge in [-0.2, -0.15) is 0 Å². The Balaban J connectivity index is 2.16. The van der Waals surface area contributed by atoms with E-state index in [1.165, 1.54) is 19.0 Å². The lowest BCUT2D eigenvalue weighted by Crippen LogP contribution is -2.55. The summed E-state index contributed by atoms with van der Waals surface area (Å²) in [7, 11) is 0. The van der Waals surface area contributed by atoms with Gasteiger partial charge < -0.3 is 5.73 Å². The number of pyridine rings is 1. The van der Waals surface area contributed by atoms with E-state index in [0.717, 1.165) is 43.8 Å². The summed E-state index contributed by atoms with van der Waals surface area (Å²) in [5.41, 5.74) is 7.18. The molecule has 1 aliphatic carbocycles. The summed E-state index contributed by atoms with van der Waals surface area (Å²) in [6.07, 6.45) is 8.87. The molecule has 0 amide bonds. The molecule has 3 nitrogen and oxygen atoms in total. The van der Waals surface area contributed by atoms with Crippen molar-refractivity contribution in [1.82, 2.24) is 9.88 Å². The van der Waals surface area contributed by atoms with Gasteiger partial charge >= 0.3 is 0 Å². The zero-order valence-electron chi connectivity index (χ0n) is 13.3. The van der Waals surface area contributed by atoms with E-state index in [9.17, 15) is 4.39 Å². The van der Waals surface area contributed by atoms with E-state index in [1.807, 2.05) is 0 Å². The molecule has 1 aromatic rings. The molecule has 0 aliphatic heterocycles. The van der Waals surface area contributed by atoms with Crippen LogP contribution in [-0.2, 0) is 6.54 Å². The third kappa shape index (κ3) is 4.01. The first-order valence-electron chi connectivity index (χ1n) is 8.14. The van der Waals surface area contributed by atoms with Crippen molar-refractivity contribution in [2.24, 2.45) is 11.7 Å². The molecule has 0 bridgehead atoms. The second-order valence-corrected chi connectivity index (χ2v) is 6.54. The highest BCUT2D eigenvalue weighted by atomic mass is 19.1. The van der Waals surface area contributed by atoms with Gasteiger partial charge in [0.05, 0.1) is 6.20 Å². The Morgan fingerprint density at radius 1 is 1.38 bits per heavy atom. The number of hydrogen-bond donors (Lipinski definition) is 1. The summed E-state index contributed by atoms with van der Waals surface area (Å²) in [6.45, 7) is 6.93. The molecule has 0 spiro atoms. The van der Waals surface area contributed by atoms with E-state index in [1.54, 1.807) is 12.3 Å². The maximum atomic E-state index is 13.4. The lowest BCUT2D eigenvalue weighted by Gasteiger charge is -2.47. The van der Waals surface area contributed by atoms with Crippen molar-refractivity contribution in [2.75, 3.05) is 13.1 Å². The van der Waals surface area contributed by atoms with Crippen LogP contribution in [0.3, 0.4) is 0 Å². The quantitative estimate of drug-likeness (QED) is 0.874. The summed E-state index contributed by atoms with van der Waals surface area (Å²) >= 11 is 0. The van der Waals surface area contributed by atoms with Gasteiger partial charge in [-0.25, -0.2) is 4.39 Å². The maximum Gasteiger partial charge on any atom is 0.141 e. The maximum absolute atomic E-state index is 13.4. The molecule has 21 heavy (non-hydrogen) atoms. The summed E-state index contributed by atoms with van der Waals surface area (Å²) in [5.74, 6) is 0.534. The molecule has 0 radical (unpaired) electrons. The van der Waals surface area contributed by atoms with Crippen molar-refractivity contribution >= 4 is 0 Å². The SMILES string of the molecule is CCCN(Cc1cncc(F)c1)C1(CN)CCC(C)CC1. The highest BCUT2D eigenvalue weighted by molar-refractivity contribution is 5.11. The van der Waals surface area contributed by atoms with Crippen LogP contribution in [0.1, 0.15) is 51.5 Å². The van der Waals surface area contributed by atoms with E-state index in [4.69, 9.17) is 5.73 Å². The van der Waals surface area contributed by atoms with Crippen molar-refractivity contribution in [3.63, 3.8) is 0 Å². The van der Waals surface area contributed by atoms with Gasteiger partial charge in [-0.1, -0.05) is 13.8 Å². The average Bonchev–Trinajstić information content (AvgIpc) is 2.48. The standard InChI is InChI=1S/C17H28FN3/c1-3-8-21(12-15-9-16(18)11-20-10-15)17(13-19)6-4-14(2)5-7-17/h9-11,14H,3-8,12-13,19H2,1-2H3. The minimum atomic E-state index is -0.261. The first kappa shape index (κ1) is 16.4. The van der Waals surface area contributed by atoms with E-state index < -0.39 is 0 Å². The van der Waals surface area contributed by atoms with Gasteiger partial charge in [0.15, 0.2) is 0 Å². The molecule has 0 saturated heterocycles. The summed E-state index contributed by atoms with van der Waals surface area (Å²) in [5, 5.41) is 0. The highest BCUT2D eigenvalue weighted by Gasteiger charge is 2.37. The van der Waals surface area contributed by atoms with Crippen molar-refractivity contribution in [1.29, 1.82) is 0 Å². The van der Waals surface area contributed by atoms with Gasteiger partial charge in [0.1, 0.15) is 5.82 Å². The van der Waals surface area contributed by atoms with Gasteiger partial charge in [0.25, 0.3) is 0 Å². The van der Waals surface area contributed by atoms with Crippen molar-refractivity contribution in [2.45, 2.75) is 58.0 Å². The van der Waals surface area contributed by atoms with Crippen LogP contribution in [0.25, 0.3) is 0 Å². The highest BCUT2D eigenvalue weighted by Crippen LogP contribution is 2.36. The average molecular weight is 293 g/mol. The molecular weight excluding hydrogens is 265 g/mol. The molecule has 4 heteroatoms. The number of rotatable bonds is 6. The van der Waals surface area contributed by atoms with Crippen LogP contribution in [0.5, 0.6) is 0 Å².